The molecule has 0 unspecified atom stereocenters. The topological polar surface area (TPSA) is 104 Å². The number of hydrogen-bond donors (Lipinski definition) is 1. The number of hydrogen-bond acceptors (Lipinski definition) is 5. The average Bonchev–Trinajstić information content (AvgIpc) is 2.90. The fraction of sp³-hybridized carbons (Fsp3) is 0.296. The minimum absolute atomic E-state index is 0.000185. The molecule has 1 aliphatic heterocycles. The van der Waals surface area contributed by atoms with Crippen LogP contribution in [0.15, 0.2) is 76.5 Å². The Bertz CT molecular complexity index is 1520. The smallest absolute Gasteiger partial charge is 0.264 e. The van der Waals surface area contributed by atoms with Crippen LogP contribution in [-0.2, 0) is 24.8 Å². The van der Waals surface area contributed by atoms with E-state index in [1.807, 2.05) is 13.8 Å². The van der Waals surface area contributed by atoms with E-state index < -0.39 is 32.5 Å². The number of piperidine rings is 1. The molecule has 1 amide bonds. The van der Waals surface area contributed by atoms with Crippen LogP contribution in [-0.4, -0.2) is 46.7 Å². The van der Waals surface area contributed by atoms with E-state index in [4.69, 9.17) is 11.6 Å². The molecular formula is C27H30ClN3O5S2. The fourth-order valence-electron chi connectivity index (χ4n) is 4.23. The van der Waals surface area contributed by atoms with Gasteiger partial charge in [0.1, 0.15) is 6.54 Å². The molecule has 0 bridgehead atoms. The highest BCUT2D eigenvalue weighted by Gasteiger charge is 2.28. The third-order valence-corrected chi connectivity index (χ3v) is 10.5. The van der Waals surface area contributed by atoms with Crippen molar-refractivity contribution in [2.45, 2.75) is 42.9 Å². The number of nitrogens with zero attached hydrogens (tertiary/aromatic N) is 2. The highest BCUT2D eigenvalue weighted by Crippen LogP contribution is 2.27. The van der Waals surface area contributed by atoms with E-state index in [2.05, 4.69) is 5.32 Å². The summed E-state index contributed by atoms with van der Waals surface area (Å²) in [5, 5.41) is 3.08. The van der Waals surface area contributed by atoms with Crippen LogP contribution in [0.1, 0.15) is 30.4 Å². The van der Waals surface area contributed by atoms with Gasteiger partial charge in [-0.3, -0.25) is 9.10 Å². The standard InChI is InChI=1S/C27H30ClN3O5S2/c1-20-6-11-24(18-21(20)2)31(38(35,36)26-12-7-22(28)8-13-26)19-27(32)29-23-9-14-25(15-10-23)37(33,34)30-16-4-3-5-17-30/h6-15,18H,3-5,16-17,19H2,1-2H3,(H,29,32). The van der Waals surface area contributed by atoms with Crippen LogP contribution in [0.3, 0.4) is 0 Å². The van der Waals surface area contributed by atoms with Crippen molar-refractivity contribution in [3.05, 3.63) is 82.9 Å². The zero-order chi connectivity index (χ0) is 27.5. The molecule has 4 rings (SSSR count). The van der Waals surface area contributed by atoms with Crippen LogP contribution in [0.2, 0.25) is 5.02 Å². The molecule has 0 aliphatic carbocycles. The van der Waals surface area contributed by atoms with Gasteiger partial charge in [0.2, 0.25) is 15.9 Å². The molecule has 3 aromatic rings. The molecular weight excluding hydrogens is 546 g/mol. The van der Waals surface area contributed by atoms with Crippen LogP contribution in [0.5, 0.6) is 0 Å². The van der Waals surface area contributed by atoms with E-state index in [0.717, 1.165) is 34.7 Å². The van der Waals surface area contributed by atoms with Crippen molar-refractivity contribution < 1.29 is 21.6 Å². The molecule has 1 saturated heterocycles. The van der Waals surface area contributed by atoms with Gasteiger partial charge in [-0.1, -0.05) is 24.1 Å². The molecule has 0 spiro atoms. The zero-order valence-electron chi connectivity index (χ0n) is 21.2. The van der Waals surface area contributed by atoms with Crippen LogP contribution in [0, 0.1) is 13.8 Å². The third kappa shape index (κ3) is 6.20. The average molecular weight is 576 g/mol. The maximum atomic E-state index is 13.6. The maximum Gasteiger partial charge on any atom is 0.264 e. The molecule has 1 heterocycles. The van der Waals surface area contributed by atoms with E-state index in [9.17, 15) is 21.6 Å². The lowest BCUT2D eigenvalue weighted by Gasteiger charge is -2.26. The molecule has 0 atom stereocenters. The Labute approximate surface area is 229 Å². The first-order valence-electron chi connectivity index (χ1n) is 12.2. The summed E-state index contributed by atoms with van der Waals surface area (Å²) in [6.45, 7) is 4.29. The predicted molar refractivity (Wildman–Crippen MR) is 150 cm³/mol. The van der Waals surface area contributed by atoms with Crippen LogP contribution in [0.25, 0.3) is 0 Å². The summed E-state index contributed by atoms with van der Waals surface area (Å²) in [7, 11) is -7.70. The fourth-order valence-corrected chi connectivity index (χ4v) is 7.28. The first kappa shape index (κ1) is 28.1. The second-order valence-electron chi connectivity index (χ2n) is 9.27. The number of benzene rings is 3. The Morgan fingerprint density at radius 3 is 2.05 bits per heavy atom. The summed E-state index contributed by atoms with van der Waals surface area (Å²) >= 11 is 5.94. The minimum atomic E-state index is -4.10. The van der Waals surface area contributed by atoms with Crippen LogP contribution < -0.4 is 9.62 Å². The number of nitrogens with one attached hydrogen (secondary N) is 1. The van der Waals surface area contributed by atoms with Crippen molar-refractivity contribution in [3.63, 3.8) is 0 Å². The lowest BCUT2D eigenvalue weighted by molar-refractivity contribution is -0.114. The van der Waals surface area contributed by atoms with Gasteiger partial charge in [-0.25, -0.2) is 16.8 Å². The van der Waals surface area contributed by atoms with E-state index >= 15 is 0 Å². The minimum Gasteiger partial charge on any atom is -0.325 e. The molecule has 1 aliphatic rings. The van der Waals surface area contributed by atoms with Crippen molar-refractivity contribution in [1.29, 1.82) is 0 Å². The number of anilines is 2. The molecule has 202 valence electrons. The van der Waals surface area contributed by atoms with Gasteiger partial charge in [-0.2, -0.15) is 4.31 Å². The Morgan fingerprint density at radius 2 is 1.45 bits per heavy atom. The quantitative estimate of drug-likeness (QED) is 0.408. The number of aryl methyl sites for hydroxylation is 2. The molecule has 1 N–H and O–H groups in total. The number of carbonyl (C=O) groups is 1. The van der Waals surface area contributed by atoms with Gasteiger partial charge >= 0.3 is 0 Å². The molecule has 38 heavy (non-hydrogen) atoms. The monoisotopic (exact) mass is 575 g/mol. The molecule has 8 nitrogen and oxygen atoms in total. The molecule has 0 radical (unpaired) electrons. The normalized spacial score (nSPS) is 14.7. The lowest BCUT2D eigenvalue weighted by Crippen LogP contribution is -2.38. The summed E-state index contributed by atoms with van der Waals surface area (Å²) < 4.78 is 55.5. The second-order valence-corrected chi connectivity index (χ2v) is 13.5. The van der Waals surface area contributed by atoms with Crippen molar-refractivity contribution in [2.24, 2.45) is 0 Å². The highest BCUT2D eigenvalue weighted by atomic mass is 35.5. The van der Waals surface area contributed by atoms with Crippen LogP contribution >= 0.6 is 11.6 Å². The van der Waals surface area contributed by atoms with Gasteiger partial charge in [-0.05, 0) is 98.5 Å². The SMILES string of the molecule is Cc1ccc(N(CC(=O)Nc2ccc(S(=O)(=O)N3CCCCC3)cc2)S(=O)(=O)c2ccc(Cl)cc2)cc1C. The first-order chi connectivity index (χ1) is 18.0. The van der Waals surface area contributed by atoms with Gasteiger partial charge in [0.15, 0.2) is 0 Å². The number of sulfonamides is 2. The molecule has 0 saturated carbocycles. The summed E-state index contributed by atoms with van der Waals surface area (Å²) in [5.41, 5.74) is 2.57. The number of carbonyl (C=O) groups excluding carboxylic acids is 1. The zero-order valence-corrected chi connectivity index (χ0v) is 23.6. The first-order valence-corrected chi connectivity index (χ1v) is 15.5. The van der Waals surface area contributed by atoms with E-state index in [0.29, 0.717) is 29.5 Å². The molecule has 11 heteroatoms. The van der Waals surface area contributed by atoms with E-state index in [1.54, 1.807) is 18.2 Å². The van der Waals surface area contributed by atoms with Crippen molar-refractivity contribution in [2.75, 3.05) is 29.3 Å². The number of amides is 1. The van der Waals surface area contributed by atoms with Gasteiger partial charge in [0.25, 0.3) is 10.0 Å². The maximum absolute atomic E-state index is 13.6. The number of rotatable bonds is 8. The molecule has 3 aromatic carbocycles. The Hall–Kier alpha value is -2.92. The van der Waals surface area contributed by atoms with Gasteiger partial charge < -0.3 is 5.32 Å². The largest absolute Gasteiger partial charge is 0.325 e. The molecule has 0 aromatic heterocycles. The van der Waals surface area contributed by atoms with Gasteiger partial charge in [0, 0.05) is 23.8 Å². The Morgan fingerprint density at radius 1 is 0.842 bits per heavy atom. The summed E-state index contributed by atoms with van der Waals surface area (Å²) in [5.74, 6) is -0.576. The molecule has 1 fully saturated rings. The summed E-state index contributed by atoms with van der Waals surface area (Å²) in [6.07, 6.45) is 2.69. The van der Waals surface area contributed by atoms with Crippen LogP contribution in [0.4, 0.5) is 11.4 Å². The lowest BCUT2D eigenvalue weighted by atomic mass is 10.1. The Kier molecular flexibility index (Phi) is 8.46. The predicted octanol–water partition coefficient (Wildman–Crippen LogP) is 4.97. The highest BCUT2D eigenvalue weighted by molar-refractivity contribution is 7.92. The summed E-state index contributed by atoms with van der Waals surface area (Å²) in [6, 6.07) is 16.8. The third-order valence-electron chi connectivity index (χ3n) is 6.56. The second kappa shape index (κ2) is 11.4. The summed E-state index contributed by atoms with van der Waals surface area (Å²) in [4.78, 5) is 13.2. The van der Waals surface area contributed by atoms with E-state index in [1.165, 1.54) is 52.8 Å². The van der Waals surface area contributed by atoms with Crippen molar-refractivity contribution in [1.82, 2.24) is 4.31 Å². The van der Waals surface area contributed by atoms with Gasteiger partial charge in [-0.15, -0.1) is 0 Å². The number of halogens is 1. The van der Waals surface area contributed by atoms with E-state index in [-0.39, 0.29) is 9.79 Å². The van der Waals surface area contributed by atoms with Crippen molar-refractivity contribution in [3.8, 4) is 0 Å². The van der Waals surface area contributed by atoms with Crippen molar-refractivity contribution >= 4 is 48.9 Å². The Balaban J connectivity index is 1.56. The van der Waals surface area contributed by atoms with Gasteiger partial charge in [0.05, 0.1) is 15.5 Å².